The third kappa shape index (κ3) is 4.99. The smallest absolute Gasteiger partial charge is 0.251 e. The van der Waals surface area contributed by atoms with Gasteiger partial charge in [0.05, 0.1) is 5.92 Å². The highest BCUT2D eigenvalue weighted by atomic mass is 16.3. The Bertz CT molecular complexity index is 924. The van der Waals surface area contributed by atoms with E-state index in [-0.39, 0.29) is 36.9 Å². The standard InChI is InChI=1S/C21H23N3O6/c25-16-8-14(9-17(26)19(16)28)20(29)22-6-7-23-21(30)15-10-18(27)24(12-15)11-13-4-2-1-3-5-13/h1-5,8-9,15,25-26,28H,6-7,10-12H2,(H,22,29)(H,23,30). The van der Waals surface area contributed by atoms with Crippen molar-refractivity contribution in [1.82, 2.24) is 15.5 Å². The lowest BCUT2D eigenvalue weighted by Gasteiger charge is -2.16. The molecule has 1 unspecified atom stereocenters. The van der Waals surface area contributed by atoms with Gasteiger partial charge in [0.25, 0.3) is 5.91 Å². The molecule has 3 rings (SSSR count). The first-order chi connectivity index (χ1) is 14.3. The highest BCUT2D eigenvalue weighted by Crippen LogP contribution is 2.35. The maximum absolute atomic E-state index is 12.3. The van der Waals surface area contributed by atoms with Crippen LogP contribution in [0.1, 0.15) is 22.3 Å². The number of nitrogens with zero attached hydrogens (tertiary/aromatic N) is 1. The average molecular weight is 413 g/mol. The SMILES string of the molecule is O=C(NCCNC(=O)C1CC(=O)N(Cc2ccccc2)C1)c1cc(O)c(O)c(O)c1. The third-order valence-corrected chi connectivity index (χ3v) is 4.84. The lowest BCUT2D eigenvalue weighted by Crippen LogP contribution is -2.38. The zero-order valence-corrected chi connectivity index (χ0v) is 16.2. The van der Waals surface area contributed by atoms with Crippen molar-refractivity contribution in [2.24, 2.45) is 5.92 Å². The van der Waals surface area contributed by atoms with Gasteiger partial charge in [0.2, 0.25) is 11.8 Å². The van der Waals surface area contributed by atoms with Crippen molar-refractivity contribution >= 4 is 17.7 Å². The molecule has 5 N–H and O–H groups in total. The Balaban J connectivity index is 1.43. The summed E-state index contributed by atoms with van der Waals surface area (Å²) in [4.78, 5) is 38.2. The van der Waals surface area contributed by atoms with Crippen LogP contribution in [-0.4, -0.2) is 57.6 Å². The van der Waals surface area contributed by atoms with Gasteiger partial charge >= 0.3 is 0 Å². The van der Waals surface area contributed by atoms with Crippen molar-refractivity contribution < 1.29 is 29.7 Å². The Morgan fingerprint density at radius 3 is 2.30 bits per heavy atom. The molecule has 9 heteroatoms. The second kappa shape index (κ2) is 9.17. The topological polar surface area (TPSA) is 139 Å². The molecule has 1 aliphatic heterocycles. The number of aromatic hydroxyl groups is 3. The van der Waals surface area contributed by atoms with Crippen molar-refractivity contribution in [1.29, 1.82) is 0 Å². The van der Waals surface area contributed by atoms with Crippen molar-refractivity contribution in [3.63, 3.8) is 0 Å². The van der Waals surface area contributed by atoms with E-state index in [2.05, 4.69) is 10.6 Å². The number of likely N-dealkylation sites (tertiary alicyclic amines) is 1. The quantitative estimate of drug-likeness (QED) is 0.334. The van der Waals surface area contributed by atoms with E-state index in [1.165, 1.54) is 0 Å². The number of phenols is 3. The van der Waals surface area contributed by atoms with Crippen molar-refractivity contribution in [2.45, 2.75) is 13.0 Å². The van der Waals surface area contributed by atoms with Gasteiger partial charge < -0.3 is 30.9 Å². The van der Waals surface area contributed by atoms with Crippen LogP contribution in [0.5, 0.6) is 17.2 Å². The Labute approximate surface area is 172 Å². The second-order valence-corrected chi connectivity index (χ2v) is 7.07. The van der Waals surface area contributed by atoms with E-state index in [0.29, 0.717) is 13.1 Å². The molecule has 3 amide bonds. The summed E-state index contributed by atoms with van der Waals surface area (Å²) in [7, 11) is 0. The zero-order valence-electron chi connectivity index (χ0n) is 16.2. The molecule has 158 valence electrons. The van der Waals surface area contributed by atoms with E-state index < -0.39 is 29.1 Å². The molecule has 2 aromatic rings. The van der Waals surface area contributed by atoms with Crippen LogP contribution in [-0.2, 0) is 16.1 Å². The fourth-order valence-corrected chi connectivity index (χ4v) is 3.25. The summed E-state index contributed by atoms with van der Waals surface area (Å²) in [5, 5.41) is 33.4. The van der Waals surface area contributed by atoms with Gasteiger partial charge in [0.1, 0.15) is 0 Å². The van der Waals surface area contributed by atoms with Crippen molar-refractivity contribution in [3.05, 3.63) is 53.6 Å². The van der Waals surface area contributed by atoms with Crippen LogP contribution in [0.2, 0.25) is 0 Å². The first-order valence-corrected chi connectivity index (χ1v) is 9.47. The molecule has 1 saturated heterocycles. The van der Waals surface area contributed by atoms with E-state index in [4.69, 9.17) is 0 Å². The molecule has 0 spiro atoms. The summed E-state index contributed by atoms with van der Waals surface area (Å²) in [6.45, 7) is 1.08. The number of amides is 3. The van der Waals surface area contributed by atoms with Gasteiger partial charge in [-0.05, 0) is 17.7 Å². The maximum Gasteiger partial charge on any atom is 0.251 e. The molecule has 30 heavy (non-hydrogen) atoms. The fraction of sp³-hybridized carbons (Fsp3) is 0.286. The molecule has 0 radical (unpaired) electrons. The lowest BCUT2D eigenvalue weighted by molar-refractivity contribution is -0.129. The number of carbonyl (C=O) groups excluding carboxylic acids is 3. The molecule has 0 aliphatic carbocycles. The van der Waals surface area contributed by atoms with E-state index >= 15 is 0 Å². The van der Waals surface area contributed by atoms with Crippen LogP contribution in [0.3, 0.4) is 0 Å². The predicted octanol–water partition coefficient (Wildman–Crippen LogP) is 0.698. The largest absolute Gasteiger partial charge is 0.504 e. The van der Waals surface area contributed by atoms with E-state index in [1.54, 1.807) is 4.90 Å². The minimum absolute atomic E-state index is 0.0351. The molecule has 1 heterocycles. The van der Waals surface area contributed by atoms with Crippen LogP contribution >= 0.6 is 0 Å². The first-order valence-electron chi connectivity index (χ1n) is 9.47. The van der Waals surface area contributed by atoms with Gasteiger partial charge in [-0.15, -0.1) is 0 Å². The minimum Gasteiger partial charge on any atom is -0.504 e. The van der Waals surface area contributed by atoms with Gasteiger partial charge in [-0.3, -0.25) is 14.4 Å². The summed E-state index contributed by atoms with van der Waals surface area (Å²) in [6.07, 6.45) is 0.150. The number of rotatable bonds is 7. The van der Waals surface area contributed by atoms with E-state index in [1.807, 2.05) is 30.3 Å². The van der Waals surface area contributed by atoms with Gasteiger partial charge in [-0.2, -0.15) is 0 Å². The Morgan fingerprint density at radius 1 is 1.00 bits per heavy atom. The maximum atomic E-state index is 12.3. The van der Waals surface area contributed by atoms with Gasteiger partial charge in [-0.25, -0.2) is 0 Å². The summed E-state index contributed by atoms with van der Waals surface area (Å²) in [5.41, 5.74) is 0.966. The molecule has 1 fully saturated rings. The molecular formula is C21H23N3O6. The molecule has 0 bridgehead atoms. The van der Waals surface area contributed by atoms with Crippen LogP contribution < -0.4 is 10.6 Å². The third-order valence-electron chi connectivity index (χ3n) is 4.84. The molecule has 9 nitrogen and oxygen atoms in total. The Morgan fingerprint density at radius 2 is 1.63 bits per heavy atom. The molecule has 1 atom stereocenters. The van der Waals surface area contributed by atoms with E-state index in [0.717, 1.165) is 17.7 Å². The lowest BCUT2D eigenvalue weighted by atomic mass is 10.1. The molecule has 2 aromatic carbocycles. The zero-order chi connectivity index (χ0) is 21.7. The first kappa shape index (κ1) is 21.0. The summed E-state index contributed by atoms with van der Waals surface area (Å²) in [6, 6.07) is 11.6. The number of phenolic OH excluding ortho intramolecular Hbond substituents is 3. The molecule has 1 aliphatic rings. The molecular weight excluding hydrogens is 390 g/mol. The average Bonchev–Trinajstić information content (AvgIpc) is 3.09. The van der Waals surface area contributed by atoms with Crippen LogP contribution in [0.4, 0.5) is 0 Å². The van der Waals surface area contributed by atoms with E-state index in [9.17, 15) is 29.7 Å². The number of carbonyl (C=O) groups is 3. The fourth-order valence-electron chi connectivity index (χ4n) is 3.25. The molecule has 0 aromatic heterocycles. The number of benzene rings is 2. The molecule has 0 saturated carbocycles. The Hall–Kier alpha value is -3.75. The Kier molecular flexibility index (Phi) is 6.41. The van der Waals surface area contributed by atoms with Gasteiger partial charge in [0, 0.05) is 38.2 Å². The number of hydrogen-bond donors (Lipinski definition) is 5. The summed E-state index contributed by atoms with van der Waals surface area (Å²) >= 11 is 0. The van der Waals surface area contributed by atoms with Crippen LogP contribution in [0, 0.1) is 5.92 Å². The monoisotopic (exact) mass is 413 g/mol. The van der Waals surface area contributed by atoms with Crippen molar-refractivity contribution in [2.75, 3.05) is 19.6 Å². The summed E-state index contributed by atoms with van der Waals surface area (Å²) in [5.74, 6) is -3.28. The highest BCUT2D eigenvalue weighted by molar-refractivity contribution is 5.95. The number of nitrogens with one attached hydrogen (secondary N) is 2. The van der Waals surface area contributed by atoms with Gasteiger partial charge in [0.15, 0.2) is 17.2 Å². The predicted molar refractivity (Wildman–Crippen MR) is 107 cm³/mol. The van der Waals surface area contributed by atoms with Crippen molar-refractivity contribution in [3.8, 4) is 17.2 Å². The normalized spacial score (nSPS) is 15.8. The summed E-state index contributed by atoms with van der Waals surface area (Å²) < 4.78 is 0. The highest BCUT2D eigenvalue weighted by Gasteiger charge is 2.34. The second-order valence-electron chi connectivity index (χ2n) is 7.07. The van der Waals surface area contributed by atoms with Crippen LogP contribution in [0.25, 0.3) is 0 Å². The number of hydrogen-bond acceptors (Lipinski definition) is 6. The minimum atomic E-state index is -0.703. The van der Waals surface area contributed by atoms with Gasteiger partial charge in [-0.1, -0.05) is 30.3 Å². The van der Waals surface area contributed by atoms with Crippen LogP contribution in [0.15, 0.2) is 42.5 Å².